The highest BCUT2D eigenvalue weighted by Crippen LogP contribution is 2.09. The van der Waals surface area contributed by atoms with Gasteiger partial charge in [-0.1, -0.05) is 30.3 Å². The number of carbonyl (C=O) groups excluding carboxylic acids is 2. The van der Waals surface area contributed by atoms with E-state index in [9.17, 15) is 14.4 Å². The van der Waals surface area contributed by atoms with E-state index in [2.05, 4.69) is 0 Å². The fourth-order valence-electron chi connectivity index (χ4n) is 2.11. The number of rotatable bonds is 10. The predicted octanol–water partition coefficient (Wildman–Crippen LogP) is 2.22. The van der Waals surface area contributed by atoms with Crippen LogP contribution in [0.5, 0.6) is 0 Å². The maximum Gasteiger partial charge on any atom is 0.325 e. The molecule has 0 fully saturated rings. The maximum absolute atomic E-state index is 12.3. The summed E-state index contributed by atoms with van der Waals surface area (Å²) in [6, 6.07) is 9.39. The van der Waals surface area contributed by atoms with E-state index >= 15 is 0 Å². The van der Waals surface area contributed by atoms with E-state index in [4.69, 9.17) is 9.84 Å². The van der Waals surface area contributed by atoms with E-state index in [0.29, 0.717) is 19.4 Å². The van der Waals surface area contributed by atoms with E-state index < -0.39 is 11.9 Å². The molecular weight excluding hydrogens is 298 g/mol. The highest BCUT2D eigenvalue weighted by Gasteiger charge is 2.18. The molecule has 0 spiro atoms. The topological polar surface area (TPSA) is 83.9 Å². The molecule has 0 heterocycles. The number of carbonyl (C=O) groups is 3. The molecule has 23 heavy (non-hydrogen) atoms. The molecule has 0 radical (unpaired) electrons. The van der Waals surface area contributed by atoms with Crippen molar-refractivity contribution in [3.63, 3.8) is 0 Å². The van der Waals surface area contributed by atoms with Crippen LogP contribution in [0.15, 0.2) is 30.3 Å². The third kappa shape index (κ3) is 7.99. The van der Waals surface area contributed by atoms with Gasteiger partial charge in [-0.05, 0) is 25.3 Å². The maximum atomic E-state index is 12.3. The molecule has 0 aliphatic carbocycles. The molecule has 6 nitrogen and oxygen atoms in total. The molecule has 1 rings (SSSR count). The lowest BCUT2D eigenvalue weighted by atomic mass is 10.1. The van der Waals surface area contributed by atoms with Crippen molar-refractivity contribution >= 4 is 17.8 Å². The average molecular weight is 321 g/mol. The Kier molecular flexibility index (Phi) is 8.42. The summed E-state index contributed by atoms with van der Waals surface area (Å²) in [5.74, 6) is -1.49. The quantitative estimate of drug-likeness (QED) is 0.528. The minimum Gasteiger partial charge on any atom is -0.481 e. The first-order valence-corrected chi connectivity index (χ1v) is 7.72. The zero-order chi connectivity index (χ0) is 17.1. The van der Waals surface area contributed by atoms with Crippen molar-refractivity contribution in [1.29, 1.82) is 0 Å². The number of benzene rings is 1. The first kappa shape index (κ1) is 18.7. The lowest BCUT2D eigenvalue weighted by Gasteiger charge is -2.22. The van der Waals surface area contributed by atoms with Gasteiger partial charge in [0.25, 0.3) is 0 Å². The van der Waals surface area contributed by atoms with Crippen molar-refractivity contribution in [2.45, 2.75) is 39.2 Å². The molecule has 0 aliphatic heterocycles. The number of amides is 1. The number of carboxylic acids is 1. The number of carboxylic acid groups (broad SMARTS) is 1. The van der Waals surface area contributed by atoms with Crippen molar-refractivity contribution in [3.05, 3.63) is 35.9 Å². The van der Waals surface area contributed by atoms with Gasteiger partial charge in [0.1, 0.15) is 6.54 Å². The highest BCUT2D eigenvalue weighted by molar-refractivity contribution is 5.82. The summed E-state index contributed by atoms with van der Waals surface area (Å²) < 4.78 is 4.91. The molecule has 1 aromatic rings. The smallest absolute Gasteiger partial charge is 0.325 e. The molecule has 0 bridgehead atoms. The summed E-state index contributed by atoms with van der Waals surface area (Å²) in [5.41, 5.74) is 0.927. The second-order valence-electron chi connectivity index (χ2n) is 5.14. The van der Waals surface area contributed by atoms with Crippen molar-refractivity contribution in [2.24, 2.45) is 0 Å². The van der Waals surface area contributed by atoms with Crippen molar-refractivity contribution in [2.75, 3.05) is 13.2 Å². The van der Waals surface area contributed by atoms with Crippen molar-refractivity contribution in [1.82, 2.24) is 4.90 Å². The lowest BCUT2D eigenvalue weighted by Crippen LogP contribution is -2.36. The standard InChI is InChI=1S/C17H23NO5/c1-2-23-17(22)13-18(12-14-8-4-3-5-9-14)15(19)10-6-7-11-16(20)21/h3-5,8-9H,2,6-7,10-13H2,1H3,(H,20,21). The summed E-state index contributed by atoms with van der Waals surface area (Å²) in [6.45, 7) is 2.22. The number of unbranched alkanes of at least 4 members (excludes halogenated alkanes) is 1. The molecule has 0 aromatic heterocycles. The van der Waals surface area contributed by atoms with Crippen molar-refractivity contribution < 1.29 is 24.2 Å². The van der Waals surface area contributed by atoms with Crippen LogP contribution >= 0.6 is 0 Å². The fourth-order valence-corrected chi connectivity index (χ4v) is 2.11. The third-order valence-corrected chi connectivity index (χ3v) is 3.23. The molecule has 0 saturated heterocycles. The van der Waals surface area contributed by atoms with Crippen LogP contribution in [0.2, 0.25) is 0 Å². The Morgan fingerprint density at radius 2 is 1.74 bits per heavy atom. The Bertz CT molecular complexity index is 515. The second-order valence-corrected chi connectivity index (χ2v) is 5.14. The van der Waals surface area contributed by atoms with Gasteiger partial charge in [-0.2, -0.15) is 0 Å². The van der Waals surface area contributed by atoms with Crippen LogP contribution in [-0.2, 0) is 25.7 Å². The molecular formula is C17H23NO5. The first-order valence-electron chi connectivity index (χ1n) is 7.72. The van der Waals surface area contributed by atoms with Gasteiger partial charge in [0, 0.05) is 19.4 Å². The summed E-state index contributed by atoms with van der Waals surface area (Å²) in [5, 5.41) is 8.60. The second kappa shape index (κ2) is 10.4. The number of ether oxygens (including phenoxy) is 1. The number of esters is 1. The van der Waals surface area contributed by atoms with E-state index in [1.54, 1.807) is 6.92 Å². The molecule has 1 aromatic carbocycles. The normalized spacial score (nSPS) is 10.1. The molecule has 0 aliphatic rings. The van der Waals surface area contributed by atoms with Crippen LogP contribution in [-0.4, -0.2) is 41.0 Å². The SMILES string of the molecule is CCOC(=O)CN(Cc1ccccc1)C(=O)CCCCC(=O)O. The Morgan fingerprint density at radius 3 is 2.35 bits per heavy atom. The number of hydrogen-bond donors (Lipinski definition) is 1. The monoisotopic (exact) mass is 321 g/mol. The molecule has 0 saturated carbocycles. The number of aliphatic carboxylic acids is 1. The van der Waals surface area contributed by atoms with Crippen LogP contribution in [0.1, 0.15) is 38.2 Å². The average Bonchev–Trinajstić information content (AvgIpc) is 2.52. The van der Waals surface area contributed by atoms with Gasteiger partial charge in [-0.25, -0.2) is 0 Å². The minimum atomic E-state index is -0.870. The van der Waals surface area contributed by atoms with E-state index in [1.165, 1.54) is 4.90 Å². The van der Waals surface area contributed by atoms with Crippen LogP contribution in [0.25, 0.3) is 0 Å². The van der Waals surface area contributed by atoms with Crippen molar-refractivity contribution in [3.8, 4) is 0 Å². The van der Waals surface area contributed by atoms with Gasteiger partial charge in [-0.15, -0.1) is 0 Å². The lowest BCUT2D eigenvalue weighted by molar-refractivity contribution is -0.149. The van der Waals surface area contributed by atoms with Crippen LogP contribution in [0.4, 0.5) is 0 Å². The van der Waals surface area contributed by atoms with Crippen LogP contribution in [0.3, 0.4) is 0 Å². The Labute approximate surface area is 136 Å². The molecule has 0 atom stereocenters. The Balaban J connectivity index is 2.60. The van der Waals surface area contributed by atoms with E-state index in [0.717, 1.165) is 5.56 Å². The Morgan fingerprint density at radius 1 is 1.09 bits per heavy atom. The summed E-state index contributed by atoms with van der Waals surface area (Å²) in [6.07, 6.45) is 1.20. The first-order chi connectivity index (χ1) is 11.0. The van der Waals surface area contributed by atoms with Gasteiger partial charge in [0.15, 0.2) is 0 Å². The molecule has 0 unspecified atom stereocenters. The number of hydrogen-bond acceptors (Lipinski definition) is 4. The number of nitrogens with zero attached hydrogens (tertiary/aromatic N) is 1. The zero-order valence-electron chi connectivity index (χ0n) is 13.4. The largest absolute Gasteiger partial charge is 0.481 e. The van der Waals surface area contributed by atoms with Crippen LogP contribution in [0, 0.1) is 0 Å². The third-order valence-electron chi connectivity index (χ3n) is 3.23. The Hall–Kier alpha value is -2.37. The molecule has 1 amide bonds. The van der Waals surface area contributed by atoms with Gasteiger partial charge >= 0.3 is 11.9 Å². The van der Waals surface area contributed by atoms with Crippen LogP contribution < -0.4 is 0 Å². The van der Waals surface area contributed by atoms with E-state index in [-0.39, 0.29) is 31.9 Å². The molecule has 126 valence electrons. The molecule has 6 heteroatoms. The van der Waals surface area contributed by atoms with Gasteiger partial charge < -0.3 is 14.7 Å². The summed E-state index contributed by atoms with van der Waals surface area (Å²) in [4.78, 5) is 35.9. The van der Waals surface area contributed by atoms with Gasteiger partial charge in [-0.3, -0.25) is 14.4 Å². The van der Waals surface area contributed by atoms with Gasteiger partial charge in [0.05, 0.1) is 6.61 Å². The zero-order valence-corrected chi connectivity index (χ0v) is 13.4. The predicted molar refractivity (Wildman–Crippen MR) is 84.6 cm³/mol. The van der Waals surface area contributed by atoms with Gasteiger partial charge in [0.2, 0.25) is 5.91 Å². The fraction of sp³-hybridized carbons (Fsp3) is 0.471. The van der Waals surface area contributed by atoms with E-state index in [1.807, 2.05) is 30.3 Å². The summed E-state index contributed by atoms with van der Waals surface area (Å²) in [7, 11) is 0. The molecule has 1 N–H and O–H groups in total. The summed E-state index contributed by atoms with van der Waals surface area (Å²) >= 11 is 0. The highest BCUT2D eigenvalue weighted by atomic mass is 16.5. The minimum absolute atomic E-state index is 0.0455.